The standard InChI is InChI=1S/C24H22N4O4S2/c1-4-32-24(31)20-13(2)21(14(3)29)34-23(20)28-18(30)12-33-19-10-9-15(11-25-19)22-26-16-7-5-6-8-17(16)27-22/h5-11H,4,12H2,1-3H3,(H,26,27)(H,28,30). The molecule has 8 nitrogen and oxygen atoms in total. The summed E-state index contributed by atoms with van der Waals surface area (Å²) < 4.78 is 5.10. The minimum absolute atomic E-state index is 0.0889. The number of fused-ring (bicyclic) bond motifs is 1. The fraction of sp³-hybridized carbons (Fsp3) is 0.208. The van der Waals surface area contributed by atoms with E-state index in [1.54, 1.807) is 20.0 Å². The maximum absolute atomic E-state index is 12.6. The van der Waals surface area contributed by atoms with Gasteiger partial charge in [-0.2, -0.15) is 0 Å². The van der Waals surface area contributed by atoms with Crippen molar-refractivity contribution < 1.29 is 19.1 Å². The molecule has 0 saturated heterocycles. The molecule has 4 rings (SSSR count). The lowest BCUT2D eigenvalue weighted by atomic mass is 10.1. The quantitative estimate of drug-likeness (QED) is 0.199. The highest BCUT2D eigenvalue weighted by Gasteiger charge is 2.25. The maximum atomic E-state index is 12.6. The van der Waals surface area contributed by atoms with Gasteiger partial charge < -0.3 is 15.0 Å². The number of carbonyl (C=O) groups is 3. The lowest BCUT2D eigenvalue weighted by Crippen LogP contribution is -2.16. The largest absolute Gasteiger partial charge is 0.462 e. The minimum atomic E-state index is -0.561. The first-order chi connectivity index (χ1) is 16.4. The van der Waals surface area contributed by atoms with Gasteiger partial charge in [0, 0.05) is 11.8 Å². The van der Waals surface area contributed by atoms with E-state index in [0.717, 1.165) is 33.8 Å². The number of anilines is 1. The summed E-state index contributed by atoms with van der Waals surface area (Å²) in [6.07, 6.45) is 1.71. The van der Waals surface area contributed by atoms with Crippen molar-refractivity contribution in [2.24, 2.45) is 0 Å². The Morgan fingerprint density at radius 3 is 2.65 bits per heavy atom. The molecule has 3 aromatic heterocycles. The molecule has 0 radical (unpaired) electrons. The average molecular weight is 495 g/mol. The zero-order chi connectivity index (χ0) is 24.2. The van der Waals surface area contributed by atoms with Crippen LogP contribution in [0.5, 0.6) is 0 Å². The second-order valence-corrected chi connectivity index (χ2v) is 9.38. The van der Waals surface area contributed by atoms with Crippen molar-refractivity contribution in [1.29, 1.82) is 0 Å². The van der Waals surface area contributed by atoms with Crippen molar-refractivity contribution in [2.75, 3.05) is 17.7 Å². The Kier molecular flexibility index (Phi) is 7.09. The molecule has 0 fully saturated rings. The molecule has 1 amide bonds. The molecule has 0 aliphatic carbocycles. The van der Waals surface area contributed by atoms with Crippen LogP contribution in [-0.2, 0) is 9.53 Å². The van der Waals surface area contributed by atoms with Crippen molar-refractivity contribution in [3.8, 4) is 11.4 Å². The predicted octanol–water partition coefficient (Wildman–Crippen LogP) is 5.10. The molecular weight excluding hydrogens is 472 g/mol. The number of thioether (sulfide) groups is 1. The summed E-state index contributed by atoms with van der Waals surface area (Å²) in [5.41, 5.74) is 3.42. The number of nitrogens with zero attached hydrogens (tertiary/aromatic N) is 2. The Morgan fingerprint density at radius 1 is 1.18 bits per heavy atom. The van der Waals surface area contributed by atoms with Gasteiger partial charge >= 0.3 is 5.97 Å². The van der Waals surface area contributed by atoms with Crippen LogP contribution in [0.1, 0.15) is 39.4 Å². The van der Waals surface area contributed by atoms with E-state index in [9.17, 15) is 14.4 Å². The Labute approximate surface area is 204 Å². The number of nitrogens with one attached hydrogen (secondary N) is 2. The van der Waals surface area contributed by atoms with E-state index in [0.29, 0.717) is 20.5 Å². The highest BCUT2D eigenvalue weighted by molar-refractivity contribution is 7.99. The number of hydrogen-bond acceptors (Lipinski definition) is 8. The van der Waals surface area contributed by atoms with Gasteiger partial charge in [-0.15, -0.1) is 11.3 Å². The minimum Gasteiger partial charge on any atom is -0.462 e. The van der Waals surface area contributed by atoms with Crippen LogP contribution >= 0.6 is 23.1 Å². The molecule has 3 heterocycles. The number of aromatic amines is 1. The third-order valence-electron chi connectivity index (χ3n) is 4.95. The Bertz CT molecular complexity index is 1340. The SMILES string of the molecule is CCOC(=O)c1c(NC(=O)CSc2ccc(-c3nc4ccccc4[nH]3)cn2)sc(C(C)=O)c1C. The molecule has 0 saturated carbocycles. The monoisotopic (exact) mass is 494 g/mol. The number of amides is 1. The molecule has 0 atom stereocenters. The molecule has 2 N–H and O–H groups in total. The zero-order valence-electron chi connectivity index (χ0n) is 18.8. The summed E-state index contributed by atoms with van der Waals surface area (Å²) in [5, 5.41) is 3.74. The fourth-order valence-electron chi connectivity index (χ4n) is 3.38. The Hall–Kier alpha value is -3.50. The molecule has 0 spiro atoms. The van der Waals surface area contributed by atoms with Crippen LogP contribution in [0, 0.1) is 6.92 Å². The van der Waals surface area contributed by atoms with E-state index in [4.69, 9.17) is 4.74 Å². The number of pyridine rings is 1. The van der Waals surface area contributed by atoms with Gasteiger partial charge in [0.25, 0.3) is 0 Å². The first kappa shape index (κ1) is 23.7. The van der Waals surface area contributed by atoms with Gasteiger partial charge in [0.15, 0.2) is 5.78 Å². The first-order valence-corrected chi connectivity index (χ1v) is 12.3. The van der Waals surface area contributed by atoms with Crippen LogP contribution in [0.2, 0.25) is 0 Å². The Morgan fingerprint density at radius 2 is 1.97 bits per heavy atom. The smallest absolute Gasteiger partial charge is 0.341 e. The number of para-hydroxylation sites is 2. The van der Waals surface area contributed by atoms with Gasteiger partial charge in [0.2, 0.25) is 5.91 Å². The molecule has 34 heavy (non-hydrogen) atoms. The summed E-state index contributed by atoms with van der Waals surface area (Å²) in [7, 11) is 0. The van der Waals surface area contributed by atoms with Crippen molar-refractivity contribution in [3.63, 3.8) is 0 Å². The number of H-pyrrole nitrogens is 1. The van der Waals surface area contributed by atoms with Gasteiger partial charge in [0.1, 0.15) is 10.8 Å². The number of carbonyl (C=O) groups excluding carboxylic acids is 3. The third kappa shape index (κ3) is 5.02. The van der Waals surface area contributed by atoms with E-state index in [1.807, 2.05) is 36.4 Å². The summed E-state index contributed by atoms with van der Waals surface area (Å²) in [6.45, 7) is 5.00. The second-order valence-electron chi connectivity index (χ2n) is 7.36. The lowest BCUT2D eigenvalue weighted by Gasteiger charge is -2.07. The zero-order valence-corrected chi connectivity index (χ0v) is 20.4. The number of thiophene rings is 1. The summed E-state index contributed by atoms with van der Waals surface area (Å²) in [4.78, 5) is 49.6. The van der Waals surface area contributed by atoms with Gasteiger partial charge in [-0.3, -0.25) is 9.59 Å². The Balaban J connectivity index is 1.42. The number of ether oxygens (including phenoxy) is 1. The average Bonchev–Trinajstić information content (AvgIpc) is 3.39. The van der Waals surface area contributed by atoms with E-state index in [-0.39, 0.29) is 29.6 Å². The number of esters is 1. The number of rotatable bonds is 8. The van der Waals surface area contributed by atoms with E-state index < -0.39 is 5.97 Å². The third-order valence-corrected chi connectivity index (χ3v) is 7.20. The molecule has 4 aromatic rings. The molecule has 0 unspecified atom stereocenters. The normalized spacial score (nSPS) is 10.9. The predicted molar refractivity (Wildman–Crippen MR) is 134 cm³/mol. The molecular formula is C24H22N4O4S2. The summed E-state index contributed by atoms with van der Waals surface area (Å²) in [5.74, 6) is -0.226. The molecule has 1 aromatic carbocycles. The van der Waals surface area contributed by atoms with Crippen LogP contribution < -0.4 is 5.32 Å². The van der Waals surface area contributed by atoms with E-state index in [1.165, 1.54) is 18.7 Å². The summed E-state index contributed by atoms with van der Waals surface area (Å²) in [6, 6.07) is 11.5. The lowest BCUT2D eigenvalue weighted by molar-refractivity contribution is -0.113. The molecule has 0 bridgehead atoms. The van der Waals surface area contributed by atoms with Gasteiger partial charge in [-0.1, -0.05) is 23.9 Å². The van der Waals surface area contributed by atoms with Gasteiger partial charge in [0.05, 0.1) is 38.9 Å². The van der Waals surface area contributed by atoms with Gasteiger partial charge in [-0.05, 0) is 50.6 Å². The molecule has 10 heteroatoms. The first-order valence-electron chi connectivity index (χ1n) is 10.5. The highest BCUT2D eigenvalue weighted by atomic mass is 32.2. The van der Waals surface area contributed by atoms with E-state index in [2.05, 4.69) is 20.3 Å². The number of aromatic nitrogens is 3. The van der Waals surface area contributed by atoms with Crippen LogP contribution in [0.3, 0.4) is 0 Å². The number of benzene rings is 1. The number of hydrogen-bond donors (Lipinski definition) is 2. The van der Waals surface area contributed by atoms with Crippen LogP contribution in [-0.4, -0.2) is 45.0 Å². The van der Waals surface area contributed by atoms with E-state index >= 15 is 0 Å². The van der Waals surface area contributed by atoms with Crippen LogP contribution in [0.4, 0.5) is 5.00 Å². The number of Topliss-reactive ketones (excluding diaryl/α,β-unsaturated/α-hetero) is 1. The van der Waals surface area contributed by atoms with Crippen molar-refractivity contribution in [3.05, 3.63) is 58.6 Å². The number of ketones is 1. The molecule has 0 aliphatic heterocycles. The van der Waals surface area contributed by atoms with Crippen molar-refractivity contribution in [1.82, 2.24) is 15.0 Å². The molecule has 0 aliphatic rings. The topological polar surface area (TPSA) is 114 Å². The van der Waals surface area contributed by atoms with Crippen LogP contribution in [0.15, 0.2) is 47.6 Å². The number of imidazole rings is 1. The second kappa shape index (κ2) is 10.2. The molecule has 174 valence electrons. The fourth-order valence-corrected chi connectivity index (χ4v) is 5.13. The van der Waals surface area contributed by atoms with Crippen molar-refractivity contribution >= 4 is 56.8 Å². The highest BCUT2D eigenvalue weighted by Crippen LogP contribution is 2.34. The maximum Gasteiger partial charge on any atom is 0.341 e. The van der Waals surface area contributed by atoms with Gasteiger partial charge in [-0.25, -0.2) is 14.8 Å². The summed E-state index contributed by atoms with van der Waals surface area (Å²) >= 11 is 2.35. The van der Waals surface area contributed by atoms with Crippen molar-refractivity contribution in [2.45, 2.75) is 25.8 Å². The van der Waals surface area contributed by atoms with Crippen LogP contribution in [0.25, 0.3) is 22.4 Å².